The zero-order valence-electron chi connectivity index (χ0n) is 19.7. The van der Waals surface area contributed by atoms with Gasteiger partial charge in [-0.05, 0) is 61.2 Å². The Morgan fingerprint density at radius 1 is 1.11 bits per heavy atom. The Hall–Kier alpha value is -3.82. The molecule has 1 saturated heterocycles. The molecule has 9 heteroatoms. The molecule has 3 heterocycles. The van der Waals surface area contributed by atoms with Crippen LogP contribution in [-0.2, 0) is 17.9 Å². The number of aromatic amines is 1. The van der Waals surface area contributed by atoms with Gasteiger partial charge in [-0.1, -0.05) is 24.3 Å². The third kappa shape index (κ3) is 5.69. The summed E-state index contributed by atoms with van der Waals surface area (Å²) >= 11 is 1.59. The van der Waals surface area contributed by atoms with Gasteiger partial charge in [0.05, 0.1) is 24.0 Å². The number of likely N-dealkylation sites (tertiary alicyclic amines) is 1. The summed E-state index contributed by atoms with van der Waals surface area (Å²) in [6.45, 7) is 1.80. The van der Waals surface area contributed by atoms with Crippen LogP contribution in [0.1, 0.15) is 40.3 Å². The van der Waals surface area contributed by atoms with Crippen LogP contribution < -0.4 is 16.2 Å². The van der Waals surface area contributed by atoms with Crippen LogP contribution >= 0.6 is 11.3 Å². The van der Waals surface area contributed by atoms with Gasteiger partial charge in [-0.3, -0.25) is 19.3 Å². The first-order chi connectivity index (χ1) is 17.5. The number of para-hydroxylation sites is 1. The Balaban J connectivity index is 1.19. The number of H-pyrrole nitrogens is 1. The number of benzene rings is 2. The van der Waals surface area contributed by atoms with Crippen LogP contribution in [0.3, 0.4) is 0 Å². The number of rotatable bonds is 8. The Labute approximate surface area is 212 Å². The van der Waals surface area contributed by atoms with Crippen molar-refractivity contribution in [1.29, 1.82) is 0 Å². The van der Waals surface area contributed by atoms with Crippen LogP contribution in [0, 0.1) is 0 Å². The quantitative estimate of drug-likeness (QED) is 0.339. The van der Waals surface area contributed by atoms with E-state index in [1.54, 1.807) is 41.7 Å². The van der Waals surface area contributed by atoms with E-state index in [1.807, 2.05) is 35.7 Å². The van der Waals surface area contributed by atoms with Crippen molar-refractivity contribution < 1.29 is 9.59 Å². The SMILES string of the molecule is O=C(CC1CCCN1Cc1nc2ccccc2c(=O)[nH]1)Nc1cccc(C(=O)NCc2cccs2)c1. The van der Waals surface area contributed by atoms with Gasteiger partial charge < -0.3 is 15.6 Å². The van der Waals surface area contributed by atoms with Crippen LogP contribution in [0.2, 0.25) is 0 Å². The molecule has 4 aromatic rings. The molecule has 1 aliphatic rings. The summed E-state index contributed by atoms with van der Waals surface area (Å²) < 4.78 is 0. The number of anilines is 1. The highest BCUT2D eigenvalue weighted by atomic mass is 32.1. The molecule has 2 aromatic heterocycles. The molecule has 2 aromatic carbocycles. The van der Waals surface area contributed by atoms with Crippen molar-refractivity contribution >= 4 is 39.7 Å². The van der Waals surface area contributed by atoms with Crippen molar-refractivity contribution in [2.45, 2.75) is 38.4 Å². The van der Waals surface area contributed by atoms with Crippen molar-refractivity contribution in [1.82, 2.24) is 20.2 Å². The van der Waals surface area contributed by atoms with Crippen LogP contribution in [0.15, 0.2) is 70.8 Å². The molecule has 5 rings (SSSR count). The van der Waals surface area contributed by atoms with Gasteiger partial charge in [0.25, 0.3) is 11.5 Å². The minimum Gasteiger partial charge on any atom is -0.347 e. The second kappa shape index (κ2) is 10.8. The van der Waals surface area contributed by atoms with Crippen molar-refractivity contribution in [3.8, 4) is 0 Å². The molecule has 1 aliphatic heterocycles. The average molecular weight is 502 g/mol. The molecule has 1 unspecified atom stereocenters. The van der Waals surface area contributed by atoms with Gasteiger partial charge in [0.15, 0.2) is 0 Å². The topological polar surface area (TPSA) is 107 Å². The lowest BCUT2D eigenvalue weighted by atomic mass is 10.1. The molecule has 8 nitrogen and oxygen atoms in total. The van der Waals surface area contributed by atoms with Crippen LogP contribution in [0.25, 0.3) is 10.9 Å². The number of aromatic nitrogens is 2. The minimum atomic E-state index is -0.182. The van der Waals surface area contributed by atoms with E-state index in [4.69, 9.17) is 0 Å². The second-order valence-electron chi connectivity index (χ2n) is 8.89. The maximum atomic E-state index is 12.8. The highest BCUT2D eigenvalue weighted by Gasteiger charge is 2.27. The average Bonchev–Trinajstić information content (AvgIpc) is 3.55. The van der Waals surface area contributed by atoms with Gasteiger partial charge in [0.2, 0.25) is 5.91 Å². The first kappa shape index (κ1) is 23.9. The summed E-state index contributed by atoms with van der Waals surface area (Å²) in [6, 6.07) is 18.2. The fourth-order valence-electron chi connectivity index (χ4n) is 4.58. The Morgan fingerprint density at radius 3 is 2.86 bits per heavy atom. The summed E-state index contributed by atoms with van der Waals surface area (Å²) in [5, 5.41) is 8.38. The number of carbonyl (C=O) groups excluding carboxylic acids is 2. The van der Waals surface area contributed by atoms with E-state index in [0.29, 0.717) is 47.5 Å². The van der Waals surface area contributed by atoms with Gasteiger partial charge in [-0.15, -0.1) is 11.3 Å². The van der Waals surface area contributed by atoms with Crippen molar-refractivity contribution in [3.63, 3.8) is 0 Å². The Kier molecular flexibility index (Phi) is 7.20. The normalized spacial score (nSPS) is 15.7. The highest BCUT2D eigenvalue weighted by Crippen LogP contribution is 2.23. The van der Waals surface area contributed by atoms with E-state index < -0.39 is 0 Å². The number of hydrogen-bond donors (Lipinski definition) is 3. The molecule has 0 radical (unpaired) electrons. The van der Waals surface area contributed by atoms with Crippen LogP contribution in [0.5, 0.6) is 0 Å². The lowest BCUT2D eigenvalue weighted by Gasteiger charge is -2.23. The maximum absolute atomic E-state index is 12.8. The molecule has 0 spiro atoms. The smallest absolute Gasteiger partial charge is 0.258 e. The molecule has 3 N–H and O–H groups in total. The Bertz CT molecular complexity index is 1430. The lowest BCUT2D eigenvalue weighted by Crippen LogP contribution is -2.33. The van der Waals surface area contributed by atoms with Gasteiger partial charge in [0, 0.05) is 28.6 Å². The van der Waals surface area contributed by atoms with Crippen molar-refractivity contribution in [3.05, 3.63) is 92.7 Å². The van der Waals surface area contributed by atoms with Crippen LogP contribution in [-0.4, -0.2) is 39.3 Å². The largest absolute Gasteiger partial charge is 0.347 e. The highest BCUT2D eigenvalue weighted by molar-refractivity contribution is 7.09. The summed E-state index contributed by atoms with van der Waals surface area (Å²) in [7, 11) is 0. The molecule has 184 valence electrons. The molecule has 0 bridgehead atoms. The van der Waals surface area contributed by atoms with Gasteiger partial charge >= 0.3 is 0 Å². The number of thiophene rings is 1. The molecule has 1 fully saturated rings. The molecular weight excluding hydrogens is 474 g/mol. The predicted molar refractivity (Wildman–Crippen MR) is 141 cm³/mol. The van der Waals surface area contributed by atoms with Crippen molar-refractivity contribution in [2.24, 2.45) is 0 Å². The zero-order chi connectivity index (χ0) is 24.9. The third-order valence-corrected chi connectivity index (χ3v) is 7.22. The molecule has 2 amide bonds. The second-order valence-corrected chi connectivity index (χ2v) is 9.92. The molecular formula is C27H27N5O3S. The van der Waals surface area contributed by atoms with Crippen molar-refractivity contribution in [2.75, 3.05) is 11.9 Å². The molecule has 0 aliphatic carbocycles. The standard InChI is InChI=1S/C27H27N5O3S/c33-25(29-19-7-3-6-18(14-19)26(34)28-16-21-9-5-13-36-21)15-20-8-4-12-32(20)17-24-30-23-11-2-1-10-22(23)27(35)31-24/h1-3,5-7,9-11,13-14,20H,4,8,12,15-17H2,(H,28,34)(H,29,33)(H,30,31,35). The van der Waals surface area contributed by atoms with Gasteiger partial charge in [0.1, 0.15) is 5.82 Å². The first-order valence-electron chi connectivity index (χ1n) is 12.0. The van der Waals surface area contributed by atoms with Crippen LogP contribution in [0.4, 0.5) is 5.69 Å². The van der Waals surface area contributed by atoms with E-state index in [-0.39, 0.29) is 23.4 Å². The number of fused-ring (bicyclic) bond motifs is 1. The molecule has 0 saturated carbocycles. The maximum Gasteiger partial charge on any atom is 0.258 e. The monoisotopic (exact) mass is 501 g/mol. The van der Waals surface area contributed by atoms with E-state index in [1.165, 1.54) is 0 Å². The fourth-order valence-corrected chi connectivity index (χ4v) is 5.23. The summed E-state index contributed by atoms with van der Waals surface area (Å²) in [6.07, 6.45) is 2.21. The van der Waals surface area contributed by atoms with E-state index in [0.717, 1.165) is 24.3 Å². The summed E-state index contributed by atoms with van der Waals surface area (Å²) in [4.78, 5) is 48.5. The summed E-state index contributed by atoms with van der Waals surface area (Å²) in [5.41, 5.74) is 1.61. The number of nitrogens with one attached hydrogen (secondary N) is 3. The zero-order valence-corrected chi connectivity index (χ0v) is 20.5. The number of hydrogen-bond acceptors (Lipinski definition) is 6. The number of carbonyl (C=O) groups is 2. The fraction of sp³-hybridized carbons (Fsp3) is 0.259. The minimum absolute atomic E-state index is 0.0547. The van der Waals surface area contributed by atoms with Gasteiger partial charge in [-0.2, -0.15) is 0 Å². The predicted octanol–water partition coefficient (Wildman–Crippen LogP) is 3.91. The lowest BCUT2D eigenvalue weighted by molar-refractivity contribution is -0.117. The van der Waals surface area contributed by atoms with E-state index >= 15 is 0 Å². The number of nitrogens with zero attached hydrogens (tertiary/aromatic N) is 2. The molecule has 36 heavy (non-hydrogen) atoms. The third-order valence-electron chi connectivity index (χ3n) is 6.35. The molecule has 1 atom stereocenters. The van der Waals surface area contributed by atoms with E-state index in [2.05, 4.69) is 25.5 Å². The Morgan fingerprint density at radius 2 is 2.00 bits per heavy atom. The first-order valence-corrected chi connectivity index (χ1v) is 12.9. The van der Waals surface area contributed by atoms with Gasteiger partial charge in [-0.25, -0.2) is 4.98 Å². The summed E-state index contributed by atoms with van der Waals surface area (Å²) in [5.74, 6) is 0.314. The van der Waals surface area contributed by atoms with E-state index in [9.17, 15) is 14.4 Å². The number of amides is 2.